The second-order valence-corrected chi connectivity index (χ2v) is 4.89. The normalized spacial score (nSPS) is 16.7. The van der Waals surface area contributed by atoms with Gasteiger partial charge in [-0.25, -0.2) is 9.37 Å². The maximum Gasteiger partial charge on any atom is 0.139 e. The van der Waals surface area contributed by atoms with E-state index in [4.69, 9.17) is 0 Å². The van der Waals surface area contributed by atoms with Crippen molar-refractivity contribution in [3.8, 4) is 0 Å². The van der Waals surface area contributed by atoms with Gasteiger partial charge in [-0.2, -0.15) is 0 Å². The van der Waals surface area contributed by atoms with E-state index in [0.29, 0.717) is 6.04 Å². The number of halogens is 1. The van der Waals surface area contributed by atoms with Gasteiger partial charge in [0.15, 0.2) is 0 Å². The molecule has 0 saturated carbocycles. The number of hydrogen-bond acceptors (Lipinski definition) is 2. The first-order chi connectivity index (χ1) is 8.15. The van der Waals surface area contributed by atoms with Gasteiger partial charge in [0.25, 0.3) is 0 Å². The summed E-state index contributed by atoms with van der Waals surface area (Å²) in [5, 5.41) is 0. The minimum Gasteiger partial charge on any atom is -0.300 e. The predicted molar refractivity (Wildman–Crippen MR) is 64.4 cm³/mol. The van der Waals surface area contributed by atoms with Crippen LogP contribution in [0.15, 0.2) is 18.3 Å². The van der Waals surface area contributed by atoms with Crippen molar-refractivity contribution in [1.29, 1.82) is 0 Å². The Hall–Kier alpha value is -1.42. The van der Waals surface area contributed by atoms with Crippen molar-refractivity contribution in [2.75, 3.05) is 6.54 Å². The second kappa shape index (κ2) is 3.81. The second-order valence-electron chi connectivity index (χ2n) is 4.89. The molecule has 1 aliphatic rings. The van der Waals surface area contributed by atoms with E-state index < -0.39 is 0 Å². The third-order valence-electron chi connectivity index (χ3n) is 3.48. The molecule has 0 unspecified atom stereocenters. The van der Waals surface area contributed by atoms with Crippen LogP contribution in [0.5, 0.6) is 0 Å². The number of aromatic nitrogens is 2. The van der Waals surface area contributed by atoms with Crippen molar-refractivity contribution in [2.45, 2.75) is 32.9 Å². The molecule has 90 valence electrons. The number of imidazole rings is 1. The quantitative estimate of drug-likeness (QED) is 0.753. The zero-order chi connectivity index (χ0) is 12.0. The lowest BCUT2D eigenvalue weighted by molar-refractivity contribution is 0.199. The van der Waals surface area contributed by atoms with Crippen molar-refractivity contribution in [2.24, 2.45) is 0 Å². The molecule has 17 heavy (non-hydrogen) atoms. The fourth-order valence-electron chi connectivity index (χ4n) is 2.45. The van der Waals surface area contributed by atoms with E-state index in [9.17, 15) is 4.39 Å². The highest BCUT2D eigenvalue weighted by Crippen LogP contribution is 2.22. The third kappa shape index (κ3) is 1.72. The van der Waals surface area contributed by atoms with Crippen LogP contribution >= 0.6 is 0 Å². The zero-order valence-corrected chi connectivity index (χ0v) is 10.2. The minimum absolute atomic E-state index is 0.209. The van der Waals surface area contributed by atoms with Gasteiger partial charge >= 0.3 is 0 Å². The van der Waals surface area contributed by atoms with E-state index in [2.05, 4.69) is 23.7 Å². The third-order valence-corrected chi connectivity index (χ3v) is 3.48. The smallest absolute Gasteiger partial charge is 0.139 e. The fraction of sp³-hybridized carbons (Fsp3) is 0.462. The van der Waals surface area contributed by atoms with Crippen molar-refractivity contribution < 1.29 is 4.39 Å². The Morgan fingerprint density at radius 3 is 2.94 bits per heavy atom. The predicted octanol–water partition coefficient (Wildman–Crippen LogP) is 2.24. The van der Waals surface area contributed by atoms with E-state index in [0.717, 1.165) is 36.5 Å². The molecule has 0 aliphatic carbocycles. The van der Waals surface area contributed by atoms with Crippen LogP contribution in [-0.2, 0) is 13.0 Å². The van der Waals surface area contributed by atoms with E-state index >= 15 is 0 Å². The molecule has 0 bridgehead atoms. The van der Waals surface area contributed by atoms with Gasteiger partial charge in [-0.1, -0.05) is 0 Å². The van der Waals surface area contributed by atoms with E-state index in [1.807, 2.05) is 4.40 Å². The summed E-state index contributed by atoms with van der Waals surface area (Å²) in [7, 11) is 0. The van der Waals surface area contributed by atoms with Gasteiger partial charge in [0, 0.05) is 31.7 Å². The first-order valence-corrected chi connectivity index (χ1v) is 6.04. The first kappa shape index (κ1) is 10.7. The lowest BCUT2D eigenvalue weighted by Gasteiger charge is -2.29. The van der Waals surface area contributed by atoms with Crippen molar-refractivity contribution in [1.82, 2.24) is 14.3 Å². The summed E-state index contributed by atoms with van der Waals surface area (Å²) >= 11 is 0. The number of fused-ring (bicyclic) bond motifs is 3. The Bertz CT molecular complexity index is 559. The standard InChI is InChI=1S/C13H16FN3/c1-9(2)16-6-5-11-12(8-16)17-7-10(14)3-4-13(17)15-11/h3-4,7,9H,5-6,8H2,1-2H3. The number of hydrogen-bond donors (Lipinski definition) is 0. The first-order valence-electron chi connectivity index (χ1n) is 6.04. The monoisotopic (exact) mass is 233 g/mol. The van der Waals surface area contributed by atoms with Crippen LogP contribution in [0.4, 0.5) is 4.39 Å². The molecule has 3 rings (SSSR count). The molecule has 2 aromatic heterocycles. The van der Waals surface area contributed by atoms with Gasteiger partial charge in [0.05, 0.1) is 11.4 Å². The van der Waals surface area contributed by atoms with Gasteiger partial charge in [-0.15, -0.1) is 0 Å². The van der Waals surface area contributed by atoms with E-state index in [1.165, 1.54) is 12.3 Å². The molecule has 0 radical (unpaired) electrons. The van der Waals surface area contributed by atoms with Crippen LogP contribution in [-0.4, -0.2) is 26.9 Å². The zero-order valence-electron chi connectivity index (χ0n) is 10.2. The van der Waals surface area contributed by atoms with E-state index in [-0.39, 0.29) is 5.82 Å². The maximum atomic E-state index is 13.3. The summed E-state index contributed by atoms with van der Waals surface area (Å²) in [6, 6.07) is 3.73. The molecule has 0 N–H and O–H groups in total. The van der Waals surface area contributed by atoms with Gasteiger partial charge < -0.3 is 0 Å². The average Bonchev–Trinajstić information content (AvgIpc) is 2.66. The van der Waals surface area contributed by atoms with Crippen LogP contribution < -0.4 is 0 Å². The van der Waals surface area contributed by atoms with Gasteiger partial charge in [-0.05, 0) is 26.0 Å². The molecule has 2 aromatic rings. The van der Waals surface area contributed by atoms with Crippen LogP contribution in [0.2, 0.25) is 0 Å². The van der Waals surface area contributed by atoms with Crippen LogP contribution in [0.1, 0.15) is 25.2 Å². The lowest BCUT2D eigenvalue weighted by atomic mass is 10.1. The molecule has 0 amide bonds. The minimum atomic E-state index is -0.209. The average molecular weight is 233 g/mol. The summed E-state index contributed by atoms with van der Waals surface area (Å²) in [5.41, 5.74) is 3.11. The summed E-state index contributed by atoms with van der Waals surface area (Å²) in [4.78, 5) is 6.95. The molecule has 0 saturated heterocycles. The fourth-order valence-corrected chi connectivity index (χ4v) is 2.45. The van der Waals surface area contributed by atoms with Gasteiger partial charge in [-0.3, -0.25) is 9.30 Å². The highest BCUT2D eigenvalue weighted by molar-refractivity contribution is 5.44. The number of pyridine rings is 1. The Labute approximate surface area is 99.9 Å². The molecular formula is C13H16FN3. The summed E-state index contributed by atoms with van der Waals surface area (Å²) in [5.74, 6) is -0.209. The molecular weight excluding hydrogens is 217 g/mol. The van der Waals surface area contributed by atoms with Crippen LogP contribution in [0, 0.1) is 5.82 Å². The lowest BCUT2D eigenvalue weighted by Crippen LogP contribution is -2.36. The Kier molecular flexibility index (Phi) is 2.40. The molecule has 0 spiro atoms. The Morgan fingerprint density at radius 1 is 1.35 bits per heavy atom. The van der Waals surface area contributed by atoms with Crippen LogP contribution in [0.25, 0.3) is 5.65 Å². The number of nitrogens with zero attached hydrogens (tertiary/aromatic N) is 3. The summed E-state index contributed by atoms with van der Waals surface area (Å²) in [6.07, 6.45) is 2.49. The Morgan fingerprint density at radius 2 is 2.18 bits per heavy atom. The van der Waals surface area contributed by atoms with Crippen LogP contribution in [0.3, 0.4) is 0 Å². The largest absolute Gasteiger partial charge is 0.300 e. The van der Waals surface area contributed by atoms with Crippen molar-refractivity contribution in [3.05, 3.63) is 35.5 Å². The maximum absolute atomic E-state index is 13.3. The number of rotatable bonds is 1. The molecule has 0 atom stereocenters. The Balaban J connectivity index is 2.10. The molecule has 3 nitrogen and oxygen atoms in total. The van der Waals surface area contributed by atoms with Gasteiger partial charge in [0.1, 0.15) is 11.5 Å². The highest BCUT2D eigenvalue weighted by Gasteiger charge is 2.22. The highest BCUT2D eigenvalue weighted by atomic mass is 19.1. The summed E-state index contributed by atoms with van der Waals surface area (Å²) < 4.78 is 15.2. The molecule has 1 aliphatic heterocycles. The molecule has 3 heterocycles. The topological polar surface area (TPSA) is 20.5 Å². The van der Waals surface area contributed by atoms with Gasteiger partial charge in [0.2, 0.25) is 0 Å². The summed E-state index contributed by atoms with van der Waals surface area (Å²) in [6.45, 7) is 6.28. The van der Waals surface area contributed by atoms with E-state index in [1.54, 1.807) is 6.07 Å². The SMILES string of the molecule is CC(C)N1CCc2nc3ccc(F)cn3c2C1. The molecule has 0 aromatic carbocycles. The molecule has 4 heteroatoms. The van der Waals surface area contributed by atoms with Crippen molar-refractivity contribution in [3.63, 3.8) is 0 Å². The van der Waals surface area contributed by atoms with Crippen molar-refractivity contribution >= 4 is 5.65 Å². The molecule has 0 fully saturated rings.